The summed E-state index contributed by atoms with van der Waals surface area (Å²) < 4.78 is 25.7. The molecule has 1 atom stereocenters. The Bertz CT molecular complexity index is 355. The average molecular weight is 227 g/mol. The molecule has 0 aliphatic rings. The van der Waals surface area contributed by atoms with Crippen molar-refractivity contribution >= 4 is 5.78 Å². The molecule has 88 valence electrons. The van der Waals surface area contributed by atoms with Crippen LogP contribution < -0.4 is 5.73 Å². The van der Waals surface area contributed by atoms with Crippen molar-refractivity contribution in [3.63, 3.8) is 0 Å². The molecule has 2 nitrogen and oxygen atoms in total. The minimum Gasteiger partial charge on any atom is -0.330 e. The molecule has 16 heavy (non-hydrogen) atoms. The molecule has 1 unspecified atom stereocenters. The van der Waals surface area contributed by atoms with Crippen LogP contribution >= 0.6 is 0 Å². The van der Waals surface area contributed by atoms with Gasteiger partial charge in [-0.25, -0.2) is 8.78 Å². The molecule has 0 saturated carbocycles. The Balaban J connectivity index is 2.80. The predicted octanol–water partition coefficient (Wildman–Crippen LogP) is 2.52. The summed E-state index contributed by atoms with van der Waals surface area (Å²) in [7, 11) is 0. The van der Waals surface area contributed by atoms with E-state index >= 15 is 0 Å². The second-order valence-electron chi connectivity index (χ2n) is 3.80. The zero-order valence-corrected chi connectivity index (χ0v) is 9.17. The first-order chi connectivity index (χ1) is 7.56. The van der Waals surface area contributed by atoms with Gasteiger partial charge in [0.2, 0.25) is 0 Å². The van der Waals surface area contributed by atoms with E-state index in [0.717, 1.165) is 24.6 Å². The zero-order valence-electron chi connectivity index (χ0n) is 9.17. The molecule has 0 aliphatic carbocycles. The van der Waals surface area contributed by atoms with Crippen LogP contribution in [0.15, 0.2) is 18.2 Å². The van der Waals surface area contributed by atoms with Gasteiger partial charge in [-0.2, -0.15) is 0 Å². The third-order valence-corrected chi connectivity index (χ3v) is 2.57. The number of Topliss-reactive ketones (excluding diaryl/α,β-unsaturated/α-hetero) is 1. The molecule has 0 bridgehead atoms. The quantitative estimate of drug-likeness (QED) is 0.785. The van der Waals surface area contributed by atoms with Gasteiger partial charge in [0.05, 0.1) is 0 Å². The summed E-state index contributed by atoms with van der Waals surface area (Å²) in [5.74, 6) is -1.66. The molecule has 0 heterocycles. The summed E-state index contributed by atoms with van der Waals surface area (Å²) in [6, 6.07) is 2.85. The highest BCUT2D eigenvalue weighted by Gasteiger charge is 2.14. The van der Waals surface area contributed by atoms with Crippen LogP contribution in [0.2, 0.25) is 0 Å². The van der Waals surface area contributed by atoms with Crippen molar-refractivity contribution in [2.24, 2.45) is 11.7 Å². The van der Waals surface area contributed by atoms with Crippen LogP contribution in [0.4, 0.5) is 8.78 Å². The fourth-order valence-corrected chi connectivity index (χ4v) is 1.49. The van der Waals surface area contributed by atoms with Gasteiger partial charge in [-0.15, -0.1) is 0 Å². The van der Waals surface area contributed by atoms with Gasteiger partial charge >= 0.3 is 0 Å². The highest BCUT2D eigenvalue weighted by atomic mass is 19.1. The molecule has 0 aromatic heterocycles. The van der Waals surface area contributed by atoms with E-state index in [4.69, 9.17) is 5.73 Å². The standard InChI is InChI=1S/C12H15F2NO/c1-2-8(7-15)3-12(16)9-4-10(13)6-11(14)5-9/h4-6,8H,2-3,7,15H2,1H3. The van der Waals surface area contributed by atoms with E-state index in [1.54, 1.807) is 0 Å². The molecule has 2 N–H and O–H groups in total. The fourth-order valence-electron chi connectivity index (χ4n) is 1.49. The number of hydrogen-bond donors (Lipinski definition) is 1. The number of ketones is 1. The van der Waals surface area contributed by atoms with Crippen molar-refractivity contribution in [2.45, 2.75) is 19.8 Å². The first-order valence-electron chi connectivity index (χ1n) is 5.26. The first-order valence-corrected chi connectivity index (χ1v) is 5.26. The third-order valence-electron chi connectivity index (χ3n) is 2.57. The molecule has 0 spiro atoms. The summed E-state index contributed by atoms with van der Waals surface area (Å²) in [4.78, 5) is 11.7. The third kappa shape index (κ3) is 3.38. The van der Waals surface area contributed by atoms with E-state index in [-0.39, 0.29) is 23.7 Å². The van der Waals surface area contributed by atoms with Gasteiger partial charge in [0.15, 0.2) is 5.78 Å². The maximum absolute atomic E-state index is 12.9. The highest BCUT2D eigenvalue weighted by Crippen LogP contribution is 2.14. The average Bonchev–Trinajstić information content (AvgIpc) is 2.24. The molecule has 1 aromatic rings. The predicted molar refractivity (Wildman–Crippen MR) is 58.1 cm³/mol. The van der Waals surface area contributed by atoms with Crippen molar-refractivity contribution in [3.05, 3.63) is 35.4 Å². The number of carbonyl (C=O) groups excluding carboxylic acids is 1. The lowest BCUT2D eigenvalue weighted by Crippen LogP contribution is -2.17. The van der Waals surface area contributed by atoms with E-state index in [1.807, 2.05) is 6.92 Å². The summed E-state index contributed by atoms with van der Waals surface area (Å²) in [6.45, 7) is 2.33. The molecule has 0 radical (unpaired) electrons. The second kappa shape index (κ2) is 5.70. The molecule has 1 rings (SSSR count). The maximum Gasteiger partial charge on any atom is 0.163 e. The summed E-state index contributed by atoms with van der Waals surface area (Å²) in [5.41, 5.74) is 5.54. The van der Waals surface area contributed by atoms with E-state index in [1.165, 1.54) is 0 Å². The van der Waals surface area contributed by atoms with E-state index in [9.17, 15) is 13.6 Å². The van der Waals surface area contributed by atoms with Crippen molar-refractivity contribution in [3.8, 4) is 0 Å². The molecule has 0 fully saturated rings. The van der Waals surface area contributed by atoms with Crippen LogP contribution in [0.1, 0.15) is 30.1 Å². The van der Waals surface area contributed by atoms with Crippen LogP contribution in [0, 0.1) is 17.6 Å². The number of halogens is 2. The molecular formula is C12H15F2NO. The summed E-state index contributed by atoms with van der Waals surface area (Å²) in [5, 5.41) is 0. The van der Waals surface area contributed by atoms with Gasteiger partial charge in [-0.1, -0.05) is 13.3 Å². The topological polar surface area (TPSA) is 43.1 Å². The molecule has 0 amide bonds. The monoisotopic (exact) mass is 227 g/mol. The Morgan fingerprint density at radius 3 is 2.31 bits per heavy atom. The van der Waals surface area contributed by atoms with Gasteiger partial charge < -0.3 is 5.73 Å². The van der Waals surface area contributed by atoms with Gasteiger partial charge in [-0.3, -0.25) is 4.79 Å². The first kappa shape index (κ1) is 12.8. The number of nitrogens with two attached hydrogens (primary N) is 1. The Hall–Kier alpha value is -1.29. The second-order valence-corrected chi connectivity index (χ2v) is 3.80. The van der Waals surface area contributed by atoms with Crippen molar-refractivity contribution in [1.82, 2.24) is 0 Å². The van der Waals surface area contributed by atoms with Crippen LogP contribution in [0.25, 0.3) is 0 Å². The Kier molecular flexibility index (Phi) is 4.55. The van der Waals surface area contributed by atoms with Gasteiger partial charge in [0, 0.05) is 18.1 Å². The Morgan fingerprint density at radius 1 is 1.31 bits per heavy atom. The van der Waals surface area contributed by atoms with E-state index in [2.05, 4.69) is 0 Å². The van der Waals surface area contributed by atoms with Crippen LogP contribution in [-0.4, -0.2) is 12.3 Å². The van der Waals surface area contributed by atoms with Crippen molar-refractivity contribution < 1.29 is 13.6 Å². The zero-order chi connectivity index (χ0) is 12.1. The number of hydrogen-bond acceptors (Lipinski definition) is 2. The number of benzene rings is 1. The van der Waals surface area contributed by atoms with Gasteiger partial charge in [0.1, 0.15) is 11.6 Å². The summed E-state index contributed by atoms with van der Waals surface area (Å²) >= 11 is 0. The molecule has 0 saturated heterocycles. The summed E-state index contributed by atoms with van der Waals surface area (Å²) in [6.07, 6.45) is 1.01. The van der Waals surface area contributed by atoms with E-state index in [0.29, 0.717) is 6.54 Å². The van der Waals surface area contributed by atoms with Gasteiger partial charge in [0.25, 0.3) is 0 Å². The lowest BCUT2D eigenvalue weighted by molar-refractivity contribution is 0.0960. The van der Waals surface area contributed by atoms with Crippen molar-refractivity contribution in [2.75, 3.05) is 6.54 Å². The highest BCUT2D eigenvalue weighted by molar-refractivity contribution is 5.96. The fraction of sp³-hybridized carbons (Fsp3) is 0.417. The molecule has 0 aliphatic heterocycles. The van der Waals surface area contributed by atoms with Crippen LogP contribution in [0.3, 0.4) is 0 Å². The molecule has 1 aromatic carbocycles. The Labute approximate surface area is 93.5 Å². The SMILES string of the molecule is CCC(CN)CC(=O)c1cc(F)cc(F)c1. The lowest BCUT2D eigenvalue weighted by Gasteiger charge is -2.10. The minimum atomic E-state index is -0.732. The van der Waals surface area contributed by atoms with Crippen LogP contribution in [0.5, 0.6) is 0 Å². The number of carbonyl (C=O) groups is 1. The molecule has 4 heteroatoms. The van der Waals surface area contributed by atoms with Crippen LogP contribution in [-0.2, 0) is 0 Å². The Morgan fingerprint density at radius 2 is 1.88 bits per heavy atom. The van der Waals surface area contributed by atoms with Crippen molar-refractivity contribution in [1.29, 1.82) is 0 Å². The smallest absolute Gasteiger partial charge is 0.163 e. The molecular weight excluding hydrogens is 212 g/mol. The normalized spacial score (nSPS) is 12.5. The maximum atomic E-state index is 12.9. The largest absolute Gasteiger partial charge is 0.330 e. The number of rotatable bonds is 5. The van der Waals surface area contributed by atoms with Gasteiger partial charge in [-0.05, 0) is 24.6 Å². The minimum absolute atomic E-state index is 0.0684. The van der Waals surface area contributed by atoms with E-state index < -0.39 is 11.6 Å². The lowest BCUT2D eigenvalue weighted by atomic mass is 9.96.